The van der Waals surface area contributed by atoms with Gasteiger partial charge >= 0.3 is 11.7 Å². The van der Waals surface area contributed by atoms with Crippen LogP contribution >= 0.6 is 0 Å². The summed E-state index contributed by atoms with van der Waals surface area (Å²) in [5.41, 5.74) is 2.34. The Labute approximate surface area is 207 Å². The van der Waals surface area contributed by atoms with Crippen LogP contribution in [0.1, 0.15) is 58.8 Å². The second-order valence-corrected chi connectivity index (χ2v) is 9.35. The van der Waals surface area contributed by atoms with Gasteiger partial charge in [0.25, 0.3) is 0 Å². The topological polar surface area (TPSA) is 75.3 Å². The monoisotopic (exact) mass is 479 g/mol. The van der Waals surface area contributed by atoms with E-state index in [2.05, 4.69) is 43.3 Å². The molecule has 0 bridgehead atoms. The van der Waals surface area contributed by atoms with Crippen LogP contribution in [0.4, 0.5) is 0 Å². The Hall–Kier alpha value is -3.35. The van der Waals surface area contributed by atoms with Gasteiger partial charge in [0.15, 0.2) is 5.60 Å². The standard InChI is InChI=1S/C28H37N3O4/c1-6-19-30-25(29-31(27(30)33)20-23-10-8-9-21(3)11-12-23)18-15-22-13-16-24(17-14-22)35-28(4,5)26(32)34-7-2/h8,10-14,16-17H,6-7,9,15,18-20H2,1-5H3. The molecule has 7 nitrogen and oxygen atoms in total. The fourth-order valence-corrected chi connectivity index (χ4v) is 3.89. The van der Waals surface area contributed by atoms with E-state index in [-0.39, 0.29) is 5.69 Å². The molecular weight excluding hydrogens is 442 g/mol. The average molecular weight is 480 g/mol. The highest BCUT2D eigenvalue weighted by molar-refractivity contribution is 5.79. The predicted octanol–water partition coefficient (Wildman–Crippen LogP) is 4.79. The zero-order valence-electron chi connectivity index (χ0n) is 21.5. The fraction of sp³-hybridized carbons (Fsp3) is 0.464. The highest BCUT2D eigenvalue weighted by atomic mass is 16.6. The van der Waals surface area contributed by atoms with Gasteiger partial charge in [-0.05, 0) is 70.2 Å². The molecule has 0 aliphatic heterocycles. The van der Waals surface area contributed by atoms with Gasteiger partial charge in [0.1, 0.15) is 11.6 Å². The minimum absolute atomic E-state index is 0.0638. The molecule has 0 spiro atoms. The summed E-state index contributed by atoms with van der Waals surface area (Å²) in [5, 5.41) is 4.69. The molecule has 0 saturated carbocycles. The number of nitrogens with zero attached hydrogens (tertiary/aromatic N) is 3. The Morgan fingerprint density at radius 2 is 1.86 bits per heavy atom. The van der Waals surface area contributed by atoms with Crippen molar-refractivity contribution < 1.29 is 14.3 Å². The van der Waals surface area contributed by atoms with Crippen LogP contribution in [-0.2, 0) is 35.5 Å². The Kier molecular flexibility index (Phi) is 8.90. The largest absolute Gasteiger partial charge is 0.476 e. The van der Waals surface area contributed by atoms with Crippen LogP contribution < -0.4 is 10.4 Å². The number of hydrogen-bond donors (Lipinski definition) is 0. The predicted molar refractivity (Wildman–Crippen MR) is 138 cm³/mol. The lowest BCUT2D eigenvalue weighted by atomic mass is 10.1. The highest BCUT2D eigenvalue weighted by Crippen LogP contribution is 2.21. The normalized spacial score (nSPS) is 13.7. The van der Waals surface area contributed by atoms with Gasteiger partial charge in [0.2, 0.25) is 0 Å². The highest BCUT2D eigenvalue weighted by Gasteiger charge is 2.31. The SMILES string of the molecule is CCCn1c(CCc2ccc(OC(C)(C)C(=O)OCC)cc2)nn(CC2=CC=C(C)CC=C2)c1=O. The maximum absolute atomic E-state index is 13.0. The van der Waals surface area contributed by atoms with Crippen molar-refractivity contribution in [3.05, 3.63) is 81.6 Å². The summed E-state index contributed by atoms with van der Waals surface area (Å²) in [6.45, 7) is 10.8. The van der Waals surface area contributed by atoms with E-state index in [1.165, 1.54) is 5.57 Å². The number of esters is 1. The summed E-state index contributed by atoms with van der Waals surface area (Å²) in [6.07, 6.45) is 11.6. The van der Waals surface area contributed by atoms with E-state index in [0.29, 0.717) is 31.9 Å². The van der Waals surface area contributed by atoms with Crippen molar-refractivity contribution in [2.24, 2.45) is 0 Å². The first-order chi connectivity index (χ1) is 16.7. The third kappa shape index (κ3) is 7.07. The minimum Gasteiger partial charge on any atom is -0.476 e. The van der Waals surface area contributed by atoms with Crippen LogP contribution in [0.3, 0.4) is 0 Å². The van der Waals surface area contributed by atoms with E-state index >= 15 is 0 Å². The van der Waals surface area contributed by atoms with E-state index in [1.54, 1.807) is 30.0 Å². The number of benzene rings is 1. The molecule has 0 fully saturated rings. The third-order valence-corrected chi connectivity index (χ3v) is 5.83. The van der Waals surface area contributed by atoms with Gasteiger partial charge in [-0.3, -0.25) is 4.57 Å². The number of allylic oxidation sites excluding steroid dienone is 6. The number of carbonyl (C=O) groups excluding carboxylic acids is 1. The first kappa shape index (κ1) is 26.3. The van der Waals surface area contributed by atoms with Crippen molar-refractivity contribution in [1.82, 2.24) is 14.3 Å². The molecule has 7 heteroatoms. The Bertz CT molecular complexity index is 1160. The number of ether oxygens (including phenoxy) is 2. The average Bonchev–Trinajstić information content (AvgIpc) is 2.96. The van der Waals surface area contributed by atoms with Crippen molar-refractivity contribution in [1.29, 1.82) is 0 Å². The molecule has 0 atom stereocenters. The molecule has 188 valence electrons. The number of aryl methyl sites for hydroxylation is 2. The maximum Gasteiger partial charge on any atom is 0.349 e. The Balaban J connectivity index is 1.69. The van der Waals surface area contributed by atoms with Crippen molar-refractivity contribution in [2.75, 3.05) is 6.61 Å². The summed E-state index contributed by atoms with van der Waals surface area (Å²) in [4.78, 5) is 25.1. The first-order valence-corrected chi connectivity index (χ1v) is 12.4. The van der Waals surface area contributed by atoms with Crippen LogP contribution in [-0.4, -0.2) is 32.5 Å². The van der Waals surface area contributed by atoms with E-state index < -0.39 is 11.6 Å². The quantitative estimate of drug-likeness (QED) is 0.433. The molecule has 1 aliphatic rings. The zero-order valence-corrected chi connectivity index (χ0v) is 21.5. The second-order valence-electron chi connectivity index (χ2n) is 9.35. The van der Waals surface area contributed by atoms with Crippen molar-refractivity contribution in [2.45, 2.75) is 79.0 Å². The summed E-state index contributed by atoms with van der Waals surface area (Å²) < 4.78 is 14.3. The number of rotatable bonds is 11. The van der Waals surface area contributed by atoms with E-state index in [1.807, 2.05) is 24.3 Å². The molecule has 1 aromatic carbocycles. The van der Waals surface area contributed by atoms with Crippen LogP contribution in [0.2, 0.25) is 0 Å². The fourth-order valence-electron chi connectivity index (χ4n) is 3.89. The molecule has 1 aromatic heterocycles. The van der Waals surface area contributed by atoms with Crippen LogP contribution in [0, 0.1) is 0 Å². The van der Waals surface area contributed by atoms with E-state index in [0.717, 1.165) is 36.2 Å². The molecule has 3 rings (SSSR count). The smallest absolute Gasteiger partial charge is 0.349 e. The molecule has 2 aromatic rings. The third-order valence-electron chi connectivity index (χ3n) is 5.83. The lowest BCUT2D eigenvalue weighted by Crippen LogP contribution is -2.39. The Morgan fingerprint density at radius 3 is 2.54 bits per heavy atom. The molecule has 0 amide bonds. The summed E-state index contributed by atoms with van der Waals surface area (Å²) in [5.74, 6) is 1.01. The molecule has 1 aliphatic carbocycles. The summed E-state index contributed by atoms with van der Waals surface area (Å²) in [7, 11) is 0. The summed E-state index contributed by atoms with van der Waals surface area (Å²) >= 11 is 0. The lowest BCUT2D eigenvalue weighted by Gasteiger charge is -2.24. The van der Waals surface area contributed by atoms with Gasteiger partial charge in [-0.15, -0.1) is 0 Å². The minimum atomic E-state index is -1.06. The van der Waals surface area contributed by atoms with E-state index in [9.17, 15) is 9.59 Å². The van der Waals surface area contributed by atoms with Crippen LogP contribution in [0.15, 0.2) is 64.5 Å². The van der Waals surface area contributed by atoms with Gasteiger partial charge in [0, 0.05) is 13.0 Å². The first-order valence-electron chi connectivity index (χ1n) is 12.4. The molecule has 0 radical (unpaired) electrons. The van der Waals surface area contributed by atoms with Crippen molar-refractivity contribution in [3.8, 4) is 5.75 Å². The maximum atomic E-state index is 13.0. The van der Waals surface area contributed by atoms with Gasteiger partial charge in [-0.25, -0.2) is 14.3 Å². The Morgan fingerprint density at radius 1 is 1.11 bits per heavy atom. The lowest BCUT2D eigenvalue weighted by molar-refractivity contribution is -0.158. The number of carbonyl (C=O) groups is 1. The van der Waals surface area contributed by atoms with Gasteiger partial charge in [0.05, 0.1) is 13.2 Å². The van der Waals surface area contributed by atoms with Crippen molar-refractivity contribution in [3.63, 3.8) is 0 Å². The molecular formula is C28H37N3O4. The van der Waals surface area contributed by atoms with Gasteiger partial charge in [-0.1, -0.05) is 48.9 Å². The molecule has 0 N–H and O–H groups in total. The second kappa shape index (κ2) is 11.9. The molecule has 0 unspecified atom stereocenters. The molecule has 35 heavy (non-hydrogen) atoms. The van der Waals surface area contributed by atoms with Gasteiger partial charge < -0.3 is 9.47 Å². The molecule has 0 saturated heterocycles. The van der Waals surface area contributed by atoms with Crippen LogP contribution in [0.25, 0.3) is 0 Å². The van der Waals surface area contributed by atoms with Crippen LogP contribution in [0.5, 0.6) is 5.75 Å². The summed E-state index contributed by atoms with van der Waals surface area (Å²) in [6, 6.07) is 7.67. The molecule has 1 heterocycles. The number of aromatic nitrogens is 3. The van der Waals surface area contributed by atoms with Crippen molar-refractivity contribution >= 4 is 5.97 Å². The zero-order chi connectivity index (χ0) is 25.4. The number of hydrogen-bond acceptors (Lipinski definition) is 5. The van der Waals surface area contributed by atoms with E-state index in [4.69, 9.17) is 9.47 Å². The van der Waals surface area contributed by atoms with Gasteiger partial charge in [-0.2, -0.15) is 5.10 Å².